The quantitative estimate of drug-likeness (QED) is 0.696. The molecule has 0 bridgehead atoms. The summed E-state index contributed by atoms with van der Waals surface area (Å²) in [4.78, 5) is 23.0. The molecule has 2 amide bonds. The normalized spacial score (nSPS) is 10.7. The van der Waals surface area contributed by atoms with Gasteiger partial charge in [0.05, 0.1) is 12.3 Å². The lowest BCUT2D eigenvalue weighted by Crippen LogP contribution is -2.28. The molecule has 0 atom stereocenters. The molecule has 0 radical (unpaired) electrons. The Balaban J connectivity index is 1.99. The van der Waals surface area contributed by atoms with Crippen molar-refractivity contribution in [3.05, 3.63) is 28.1 Å². The second kappa shape index (κ2) is 6.75. The summed E-state index contributed by atoms with van der Waals surface area (Å²) >= 11 is 7.22. The van der Waals surface area contributed by atoms with Crippen LogP contribution in [0.5, 0.6) is 0 Å². The summed E-state index contributed by atoms with van der Waals surface area (Å²) in [5, 5.41) is 4.01. The Hall–Kier alpha value is -1.83. The molecule has 0 aliphatic heterocycles. The minimum Gasteiger partial charge on any atom is -0.397 e. The first-order chi connectivity index (χ1) is 9.99. The van der Waals surface area contributed by atoms with Crippen LogP contribution in [0.15, 0.2) is 18.2 Å². The van der Waals surface area contributed by atoms with Crippen molar-refractivity contribution in [2.75, 3.05) is 25.5 Å². The molecule has 5 N–H and O–H groups in total. The number of nitrogen functional groups attached to an aromatic ring is 1. The number of nitrogens with two attached hydrogens (primary N) is 2. The summed E-state index contributed by atoms with van der Waals surface area (Å²) in [6.07, 6.45) is 0. The van der Waals surface area contributed by atoms with Crippen LogP contribution in [0.1, 0.15) is 9.67 Å². The second-order valence-electron chi connectivity index (χ2n) is 4.26. The molecule has 0 saturated heterocycles. The number of primary amides is 1. The lowest BCUT2D eigenvalue weighted by Gasteiger charge is -2.04. The average molecular weight is 328 g/mol. The van der Waals surface area contributed by atoms with Crippen molar-refractivity contribution in [3.8, 4) is 0 Å². The average Bonchev–Trinajstić information content (AvgIpc) is 2.75. The molecule has 2 aromatic rings. The lowest BCUT2D eigenvalue weighted by molar-refractivity contribution is -0.122. The van der Waals surface area contributed by atoms with Gasteiger partial charge in [-0.15, -0.1) is 11.3 Å². The predicted octanol–water partition coefficient (Wildman–Crippen LogP) is 1.37. The van der Waals surface area contributed by atoms with Crippen molar-refractivity contribution in [1.82, 2.24) is 5.32 Å². The lowest BCUT2D eigenvalue weighted by atomic mass is 10.2. The molecule has 21 heavy (non-hydrogen) atoms. The van der Waals surface area contributed by atoms with Gasteiger partial charge in [0.15, 0.2) is 0 Å². The maximum atomic E-state index is 12.1. The molecule has 0 aliphatic rings. The van der Waals surface area contributed by atoms with E-state index in [4.69, 9.17) is 27.8 Å². The van der Waals surface area contributed by atoms with E-state index in [2.05, 4.69) is 5.32 Å². The molecular weight excluding hydrogens is 314 g/mol. The van der Waals surface area contributed by atoms with Crippen molar-refractivity contribution in [3.63, 3.8) is 0 Å². The highest BCUT2D eigenvalue weighted by Crippen LogP contribution is 2.35. The smallest absolute Gasteiger partial charge is 0.263 e. The van der Waals surface area contributed by atoms with E-state index in [9.17, 15) is 9.59 Å². The largest absolute Gasteiger partial charge is 0.397 e. The number of ether oxygens (including phenoxy) is 1. The van der Waals surface area contributed by atoms with Gasteiger partial charge in [-0.2, -0.15) is 0 Å². The Kier molecular flexibility index (Phi) is 5.00. The van der Waals surface area contributed by atoms with Gasteiger partial charge in [0, 0.05) is 21.7 Å². The first kappa shape index (κ1) is 15.6. The van der Waals surface area contributed by atoms with Crippen molar-refractivity contribution >= 4 is 50.5 Å². The fraction of sp³-hybridized carbons (Fsp3) is 0.231. The van der Waals surface area contributed by atoms with Gasteiger partial charge in [0.1, 0.15) is 11.5 Å². The molecule has 0 aliphatic carbocycles. The van der Waals surface area contributed by atoms with Crippen LogP contribution in [0.3, 0.4) is 0 Å². The van der Waals surface area contributed by atoms with E-state index in [0.717, 1.165) is 10.1 Å². The molecule has 8 heteroatoms. The minimum absolute atomic E-state index is 0.167. The Labute approximate surface area is 130 Å². The number of rotatable bonds is 6. The first-order valence-corrected chi connectivity index (χ1v) is 7.30. The number of carbonyl (C=O) groups excluding carboxylic acids is 2. The zero-order valence-corrected chi connectivity index (χ0v) is 12.6. The molecule has 1 aromatic carbocycles. The van der Waals surface area contributed by atoms with Crippen LogP contribution < -0.4 is 16.8 Å². The molecule has 0 unspecified atom stereocenters. The predicted molar refractivity (Wildman–Crippen MR) is 83.6 cm³/mol. The van der Waals surface area contributed by atoms with Gasteiger partial charge in [-0.1, -0.05) is 11.6 Å². The Morgan fingerprint density at radius 2 is 2.14 bits per heavy atom. The maximum absolute atomic E-state index is 12.1. The zero-order chi connectivity index (χ0) is 15.4. The first-order valence-electron chi connectivity index (χ1n) is 6.11. The molecule has 0 spiro atoms. The standard InChI is InChI=1S/C13H14ClN3O3S/c14-7-1-2-9-8(5-7)11(16)12(21-9)13(19)17-3-4-20-6-10(15)18/h1-2,5H,3-4,6,16H2,(H2,15,18)(H,17,19). The molecule has 0 fully saturated rings. The van der Waals surface area contributed by atoms with Gasteiger partial charge in [-0.05, 0) is 18.2 Å². The van der Waals surface area contributed by atoms with Gasteiger partial charge in [-0.3, -0.25) is 9.59 Å². The fourth-order valence-corrected chi connectivity index (χ4v) is 2.94. The van der Waals surface area contributed by atoms with Gasteiger partial charge >= 0.3 is 0 Å². The van der Waals surface area contributed by atoms with E-state index < -0.39 is 5.91 Å². The van der Waals surface area contributed by atoms with Gasteiger partial charge in [0.25, 0.3) is 5.91 Å². The number of amides is 2. The summed E-state index contributed by atoms with van der Waals surface area (Å²) in [6, 6.07) is 5.31. The Morgan fingerprint density at radius 1 is 1.38 bits per heavy atom. The van der Waals surface area contributed by atoms with E-state index in [-0.39, 0.29) is 25.7 Å². The van der Waals surface area contributed by atoms with Crippen LogP contribution in [0.25, 0.3) is 10.1 Å². The van der Waals surface area contributed by atoms with Crippen LogP contribution >= 0.6 is 22.9 Å². The van der Waals surface area contributed by atoms with Crippen molar-refractivity contribution in [2.45, 2.75) is 0 Å². The number of thiophene rings is 1. The highest BCUT2D eigenvalue weighted by atomic mass is 35.5. The van der Waals surface area contributed by atoms with E-state index in [1.165, 1.54) is 11.3 Å². The number of anilines is 1. The molecule has 1 aromatic heterocycles. The SMILES string of the molecule is NC(=O)COCCNC(=O)c1sc2ccc(Cl)cc2c1N. The molecule has 2 rings (SSSR count). The van der Waals surface area contributed by atoms with Crippen molar-refractivity contribution in [2.24, 2.45) is 5.73 Å². The number of nitrogens with one attached hydrogen (secondary N) is 1. The molecule has 112 valence electrons. The summed E-state index contributed by atoms with van der Waals surface area (Å²) in [5.41, 5.74) is 11.3. The Bertz CT molecular complexity index is 687. The van der Waals surface area contributed by atoms with E-state index >= 15 is 0 Å². The Morgan fingerprint density at radius 3 is 2.86 bits per heavy atom. The van der Waals surface area contributed by atoms with Crippen LogP contribution in [0, 0.1) is 0 Å². The number of fused-ring (bicyclic) bond motifs is 1. The number of hydrogen-bond acceptors (Lipinski definition) is 5. The van der Waals surface area contributed by atoms with Gasteiger partial charge in [0.2, 0.25) is 5.91 Å². The zero-order valence-electron chi connectivity index (χ0n) is 11.0. The van der Waals surface area contributed by atoms with Crippen LogP contribution in [0.2, 0.25) is 5.02 Å². The van der Waals surface area contributed by atoms with Crippen molar-refractivity contribution in [1.29, 1.82) is 0 Å². The monoisotopic (exact) mass is 327 g/mol. The van der Waals surface area contributed by atoms with Crippen LogP contribution in [0.4, 0.5) is 5.69 Å². The van der Waals surface area contributed by atoms with Gasteiger partial charge in [-0.25, -0.2) is 0 Å². The van der Waals surface area contributed by atoms with E-state index in [1.807, 2.05) is 6.07 Å². The number of halogens is 1. The summed E-state index contributed by atoms with van der Waals surface area (Å²) in [7, 11) is 0. The molecule has 0 saturated carbocycles. The third-order valence-electron chi connectivity index (χ3n) is 2.67. The molecular formula is C13H14ClN3O3S. The third kappa shape index (κ3) is 3.84. The third-order valence-corrected chi connectivity index (χ3v) is 4.09. The molecule has 6 nitrogen and oxygen atoms in total. The summed E-state index contributed by atoms with van der Waals surface area (Å²) < 4.78 is 5.85. The number of carbonyl (C=O) groups is 2. The second-order valence-corrected chi connectivity index (χ2v) is 5.75. The summed E-state index contributed by atoms with van der Waals surface area (Å²) in [6.45, 7) is 0.297. The van der Waals surface area contributed by atoms with Crippen molar-refractivity contribution < 1.29 is 14.3 Å². The van der Waals surface area contributed by atoms with E-state index in [1.54, 1.807) is 12.1 Å². The van der Waals surface area contributed by atoms with Crippen LogP contribution in [-0.4, -0.2) is 31.6 Å². The minimum atomic E-state index is -0.549. The number of hydrogen-bond donors (Lipinski definition) is 3. The van der Waals surface area contributed by atoms with E-state index in [0.29, 0.717) is 15.6 Å². The van der Waals surface area contributed by atoms with Crippen LogP contribution in [-0.2, 0) is 9.53 Å². The van der Waals surface area contributed by atoms with Gasteiger partial charge < -0.3 is 21.5 Å². The highest BCUT2D eigenvalue weighted by molar-refractivity contribution is 7.21. The number of benzene rings is 1. The molecule has 1 heterocycles. The highest BCUT2D eigenvalue weighted by Gasteiger charge is 2.16. The summed E-state index contributed by atoms with van der Waals surface area (Å²) in [5.74, 6) is -0.834. The maximum Gasteiger partial charge on any atom is 0.263 e. The fourth-order valence-electron chi connectivity index (χ4n) is 1.75. The topological polar surface area (TPSA) is 107 Å².